The zero-order valence-electron chi connectivity index (χ0n) is 18.9. The smallest absolute Gasteiger partial charge is 0.207 e. The molecule has 35 heavy (non-hydrogen) atoms. The minimum absolute atomic E-state index is 0.174. The van der Waals surface area contributed by atoms with Crippen LogP contribution in [0.4, 0.5) is 11.8 Å². The molecule has 1 aliphatic heterocycles. The van der Waals surface area contributed by atoms with Crippen LogP contribution in [0.2, 0.25) is 0 Å². The molecule has 182 valence electrons. The highest BCUT2D eigenvalue weighted by Gasteiger charge is 2.45. The third kappa shape index (κ3) is 4.26. The third-order valence-corrected chi connectivity index (χ3v) is 6.10. The highest BCUT2D eigenvalue weighted by molar-refractivity contribution is 5.84. The first kappa shape index (κ1) is 23.0. The van der Waals surface area contributed by atoms with Crippen LogP contribution in [0.25, 0.3) is 22.3 Å². The molecule has 11 heteroatoms. The molecular formula is C24H26N6O5. The van der Waals surface area contributed by atoms with Gasteiger partial charge in [0.05, 0.1) is 13.7 Å². The quantitative estimate of drug-likeness (QED) is 0.262. The van der Waals surface area contributed by atoms with E-state index in [1.807, 2.05) is 48.5 Å². The van der Waals surface area contributed by atoms with Crippen molar-refractivity contribution in [3.05, 3.63) is 60.4 Å². The van der Waals surface area contributed by atoms with Gasteiger partial charge in [-0.2, -0.15) is 0 Å². The summed E-state index contributed by atoms with van der Waals surface area (Å²) in [4.78, 5) is 12.8. The fourth-order valence-corrected chi connectivity index (χ4v) is 4.16. The third-order valence-electron chi connectivity index (χ3n) is 6.10. The van der Waals surface area contributed by atoms with E-state index in [2.05, 4.69) is 20.3 Å². The lowest BCUT2D eigenvalue weighted by Gasteiger charge is -2.19. The van der Waals surface area contributed by atoms with Crippen LogP contribution in [0.3, 0.4) is 0 Å². The number of aliphatic hydroxyl groups is 3. The summed E-state index contributed by atoms with van der Waals surface area (Å²) in [6.45, 7) is -0.0316. The van der Waals surface area contributed by atoms with Crippen molar-refractivity contribution in [1.82, 2.24) is 19.5 Å². The Bertz CT molecular complexity index is 1310. The normalized spacial score (nSPS) is 21.9. The second-order valence-electron chi connectivity index (χ2n) is 8.24. The van der Waals surface area contributed by atoms with Gasteiger partial charge in [0.1, 0.15) is 30.4 Å². The molecule has 2 aromatic carbocycles. The Morgan fingerprint density at radius 1 is 1.03 bits per heavy atom. The molecule has 1 fully saturated rings. The number of aromatic nitrogens is 4. The molecule has 0 spiro atoms. The van der Waals surface area contributed by atoms with E-state index in [1.54, 1.807) is 7.11 Å². The van der Waals surface area contributed by atoms with Crippen LogP contribution in [0, 0.1) is 0 Å². The van der Waals surface area contributed by atoms with E-state index in [0.717, 1.165) is 22.4 Å². The zero-order valence-corrected chi connectivity index (χ0v) is 18.9. The van der Waals surface area contributed by atoms with Crippen molar-refractivity contribution in [3.63, 3.8) is 0 Å². The van der Waals surface area contributed by atoms with Gasteiger partial charge in [0.25, 0.3) is 0 Å². The van der Waals surface area contributed by atoms with Gasteiger partial charge >= 0.3 is 0 Å². The summed E-state index contributed by atoms with van der Waals surface area (Å²) in [5.74, 6) is 1.31. The first-order chi connectivity index (χ1) is 17.0. The maximum absolute atomic E-state index is 10.6. The Morgan fingerprint density at radius 3 is 2.34 bits per heavy atom. The van der Waals surface area contributed by atoms with Crippen LogP contribution in [-0.4, -0.2) is 66.9 Å². The molecule has 6 N–H and O–H groups in total. The summed E-state index contributed by atoms with van der Waals surface area (Å²) in [7, 11) is 1.64. The van der Waals surface area contributed by atoms with Gasteiger partial charge in [-0.3, -0.25) is 4.57 Å². The zero-order chi connectivity index (χ0) is 24.5. The molecule has 0 radical (unpaired) electrons. The van der Waals surface area contributed by atoms with Gasteiger partial charge in [-0.1, -0.05) is 36.4 Å². The predicted octanol–water partition coefficient (Wildman–Crippen LogP) is 1.31. The van der Waals surface area contributed by atoms with Crippen molar-refractivity contribution in [2.75, 3.05) is 24.8 Å². The number of fused-ring (bicyclic) bond motifs is 1. The Labute approximate surface area is 200 Å². The van der Waals surface area contributed by atoms with Crippen molar-refractivity contribution in [2.45, 2.75) is 31.1 Å². The maximum atomic E-state index is 10.6. The SMILES string of the molecule is COc1ccc(-c2ccc(CNc3nc4c(N)ncnc4n3[C@@H]3O[C@H](CO)[C@@H](O)[C@H]3O)cc2)cc1. The molecule has 11 nitrogen and oxygen atoms in total. The summed E-state index contributed by atoms with van der Waals surface area (Å²) in [5.41, 5.74) is 9.80. The minimum atomic E-state index is -1.30. The van der Waals surface area contributed by atoms with Crippen molar-refractivity contribution >= 4 is 22.9 Å². The van der Waals surface area contributed by atoms with E-state index in [-0.39, 0.29) is 5.82 Å². The first-order valence-corrected chi connectivity index (χ1v) is 11.1. The van der Waals surface area contributed by atoms with Crippen LogP contribution >= 0.6 is 0 Å². The number of nitrogens with one attached hydrogen (secondary N) is 1. The lowest BCUT2D eigenvalue weighted by Crippen LogP contribution is -2.33. The number of hydrogen-bond donors (Lipinski definition) is 5. The second kappa shape index (κ2) is 9.47. The van der Waals surface area contributed by atoms with E-state index in [9.17, 15) is 15.3 Å². The molecule has 0 saturated carbocycles. The Hall–Kier alpha value is -3.77. The van der Waals surface area contributed by atoms with Gasteiger partial charge in [-0.05, 0) is 28.8 Å². The summed E-state index contributed by atoms with van der Waals surface area (Å²) in [6.07, 6.45) is -3.24. The summed E-state index contributed by atoms with van der Waals surface area (Å²) >= 11 is 0. The van der Waals surface area contributed by atoms with Crippen LogP contribution in [0.5, 0.6) is 5.75 Å². The molecule has 0 aliphatic carbocycles. The van der Waals surface area contributed by atoms with Crippen molar-refractivity contribution < 1.29 is 24.8 Å². The number of ether oxygens (including phenoxy) is 2. The van der Waals surface area contributed by atoms with Crippen molar-refractivity contribution in [1.29, 1.82) is 0 Å². The van der Waals surface area contributed by atoms with E-state index >= 15 is 0 Å². The molecule has 4 aromatic rings. The monoisotopic (exact) mass is 478 g/mol. The highest BCUT2D eigenvalue weighted by Crippen LogP contribution is 2.35. The number of anilines is 2. The van der Waals surface area contributed by atoms with Crippen LogP contribution in [0.15, 0.2) is 54.9 Å². The lowest BCUT2D eigenvalue weighted by atomic mass is 10.0. The second-order valence-corrected chi connectivity index (χ2v) is 8.24. The molecule has 2 aromatic heterocycles. The number of aliphatic hydroxyl groups excluding tert-OH is 3. The Kier molecular flexibility index (Phi) is 6.22. The Morgan fingerprint density at radius 2 is 1.71 bits per heavy atom. The molecule has 3 heterocycles. The van der Waals surface area contributed by atoms with Crippen molar-refractivity contribution in [3.8, 4) is 16.9 Å². The average Bonchev–Trinajstić information content (AvgIpc) is 3.40. The standard InChI is InChI=1S/C24H26N6O5/c1-34-16-8-6-15(7-9-16)14-4-2-13(3-5-14)10-26-24-29-18-21(25)27-12-28-22(18)30(24)23-20(33)19(32)17(11-31)35-23/h2-9,12,17,19-20,23,31-33H,10-11H2,1H3,(H,26,29)(H2,25,27,28)/t17-,19-,20-,23-/m1/s1. The molecule has 0 bridgehead atoms. The number of rotatable bonds is 7. The number of nitrogens with zero attached hydrogens (tertiary/aromatic N) is 4. The van der Waals surface area contributed by atoms with Gasteiger partial charge in [-0.15, -0.1) is 0 Å². The van der Waals surface area contributed by atoms with Gasteiger partial charge in [-0.25, -0.2) is 15.0 Å². The number of nitrogen functional groups attached to an aromatic ring is 1. The fraction of sp³-hybridized carbons (Fsp3) is 0.292. The van der Waals surface area contributed by atoms with Gasteiger partial charge in [0.15, 0.2) is 23.2 Å². The predicted molar refractivity (Wildman–Crippen MR) is 129 cm³/mol. The van der Waals surface area contributed by atoms with Crippen LogP contribution < -0.4 is 15.8 Å². The number of imidazole rings is 1. The molecule has 4 atom stereocenters. The average molecular weight is 479 g/mol. The van der Waals surface area contributed by atoms with Gasteiger partial charge < -0.3 is 35.8 Å². The molecule has 0 unspecified atom stereocenters. The highest BCUT2D eigenvalue weighted by atomic mass is 16.6. The maximum Gasteiger partial charge on any atom is 0.207 e. The van der Waals surface area contributed by atoms with Crippen molar-refractivity contribution in [2.24, 2.45) is 0 Å². The summed E-state index contributed by atoms with van der Waals surface area (Å²) < 4.78 is 12.5. The van der Waals surface area contributed by atoms with E-state index in [0.29, 0.717) is 23.7 Å². The number of hydrogen-bond acceptors (Lipinski definition) is 10. The van der Waals surface area contributed by atoms with E-state index < -0.39 is 31.1 Å². The molecule has 1 saturated heterocycles. The summed E-state index contributed by atoms with van der Waals surface area (Å²) in [5, 5.41) is 33.6. The first-order valence-electron chi connectivity index (χ1n) is 11.1. The Balaban J connectivity index is 1.40. The fourth-order valence-electron chi connectivity index (χ4n) is 4.16. The molecule has 5 rings (SSSR count). The topological polar surface area (TPSA) is 161 Å². The van der Waals surface area contributed by atoms with Gasteiger partial charge in [0.2, 0.25) is 5.95 Å². The minimum Gasteiger partial charge on any atom is -0.497 e. The van der Waals surface area contributed by atoms with E-state index in [4.69, 9.17) is 15.2 Å². The molecule has 1 aliphatic rings. The van der Waals surface area contributed by atoms with Crippen LogP contribution in [-0.2, 0) is 11.3 Å². The molecular weight excluding hydrogens is 452 g/mol. The van der Waals surface area contributed by atoms with E-state index in [1.165, 1.54) is 10.9 Å². The lowest BCUT2D eigenvalue weighted by molar-refractivity contribution is -0.0501. The largest absolute Gasteiger partial charge is 0.497 e. The number of nitrogens with two attached hydrogens (primary N) is 1. The number of methoxy groups -OCH3 is 1. The van der Waals surface area contributed by atoms with Gasteiger partial charge in [0, 0.05) is 6.54 Å². The summed E-state index contributed by atoms with van der Waals surface area (Å²) in [6, 6.07) is 15.9. The molecule has 0 amide bonds. The van der Waals surface area contributed by atoms with Crippen LogP contribution in [0.1, 0.15) is 11.8 Å². The number of benzene rings is 2.